The Balaban J connectivity index is 1.52. The molecule has 8 heteroatoms. The SMILES string of the molecule is CN1C[C@@]2(CCCN(CCC(=O)Nc3cc(F)ccc3F)C2)OC1=O. The van der Waals surface area contributed by atoms with Crippen LogP contribution in [0.5, 0.6) is 0 Å². The van der Waals surface area contributed by atoms with Crippen LogP contribution >= 0.6 is 0 Å². The Bertz CT molecular complexity index is 685. The molecule has 2 aliphatic heterocycles. The molecule has 1 aromatic rings. The summed E-state index contributed by atoms with van der Waals surface area (Å²) in [6, 6.07) is 2.93. The highest BCUT2D eigenvalue weighted by molar-refractivity contribution is 5.90. The Morgan fingerprint density at radius 1 is 1.36 bits per heavy atom. The van der Waals surface area contributed by atoms with Crippen molar-refractivity contribution in [2.75, 3.05) is 38.5 Å². The van der Waals surface area contributed by atoms with Crippen LogP contribution in [0.2, 0.25) is 0 Å². The molecule has 25 heavy (non-hydrogen) atoms. The van der Waals surface area contributed by atoms with E-state index in [1.165, 1.54) is 0 Å². The first-order valence-electron chi connectivity index (χ1n) is 8.28. The molecular formula is C17H21F2N3O3. The van der Waals surface area contributed by atoms with Crippen molar-refractivity contribution in [3.63, 3.8) is 0 Å². The summed E-state index contributed by atoms with van der Waals surface area (Å²) in [7, 11) is 1.71. The fourth-order valence-corrected chi connectivity index (χ4v) is 3.45. The van der Waals surface area contributed by atoms with Gasteiger partial charge >= 0.3 is 6.09 Å². The molecule has 1 spiro atoms. The summed E-state index contributed by atoms with van der Waals surface area (Å²) in [6.45, 7) is 2.39. The number of nitrogens with one attached hydrogen (secondary N) is 1. The molecule has 1 N–H and O–H groups in total. The molecule has 3 rings (SSSR count). The van der Waals surface area contributed by atoms with Crippen molar-refractivity contribution in [2.45, 2.75) is 24.9 Å². The highest BCUT2D eigenvalue weighted by Crippen LogP contribution is 2.31. The van der Waals surface area contributed by atoms with Gasteiger partial charge < -0.3 is 15.0 Å². The van der Waals surface area contributed by atoms with Crippen molar-refractivity contribution >= 4 is 17.7 Å². The second-order valence-corrected chi connectivity index (χ2v) is 6.71. The smallest absolute Gasteiger partial charge is 0.410 e. The van der Waals surface area contributed by atoms with Gasteiger partial charge in [0.05, 0.1) is 12.2 Å². The average Bonchev–Trinajstić information content (AvgIpc) is 2.82. The average molecular weight is 353 g/mol. The van der Waals surface area contributed by atoms with Crippen LogP contribution in [-0.4, -0.2) is 60.6 Å². The third-order valence-electron chi connectivity index (χ3n) is 4.62. The first-order valence-corrected chi connectivity index (χ1v) is 8.28. The molecule has 6 nitrogen and oxygen atoms in total. The molecule has 0 unspecified atom stereocenters. The van der Waals surface area contributed by atoms with Crippen LogP contribution in [-0.2, 0) is 9.53 Å². The Hall–Kier alpha value is -2.22. The molecule has 2 amide bonds. The van der Waals surface area contributed by atoms with Gasteiger partial charge in [-0.1, -0.05) is 0 Å². The minimum Gasteiger partial charge on any atom is -0.440 e. The van der Waals surface area contributed by atoms with Gasteiger partial charge in [-0.2, -0.15) is 0 Å². The molecule has 0 saturated carbocycles. The summed E-state index contributed by atoms with van der Waals surface area (Å²) in [6.07, 6.45) is 1.51. The number of hydrogen-bond acceptors (Lipinski definition) is 4. The Kier molecular flexibility index (Phi) is 4.89. The number of halogens is 2. The van der Waals surface area contributed by atoms with Gasteiger partial charge in [-0.15, -0.1) is 0 Å². The number of anilines is 1. The van der Waals surface area contributed by atoms with Gasteiger partial charge in [0.2, 0.25) is 5.91 Å². The highest BCUT2D eigenvalue weighted by atomic mass is 19.1. The fourth-order valence-electron chi connectivity index (χ4n) is 3.45. The summed E-state index contributed by atoms with van der Waals surface area (Å²) < 4.78 is 32.2. The van der Waals surface area contributed by atoms with Crippen molar-refractivity contribution in [1.82, 2.24) is 9.80 Å². The zero-order chi connectivity index (χ0) is 18.0. The van der Waals surface area contributed by atoms with E-state index in [9.17, 15) is 18.4 Å². The first-order chi connectivity index (χ1) is 11.9. The van der Waals surface area contributed by atoms with Crippen LogP contribution in [0, 0.1) is 11.6 Å². The van der Waals surface area contributed by atoms with Gasteiger partial charge in [0, 0.05) is 32.6 Å². The van der Waals surface area contributed by atoms with Gasteiger partial charge in [0.1, 0.15) is 17.2 Å². The molecule has 0 aliphatic carbocycles. The lowest BCUT2D eigenvalue weighted by molar-refractivity contribution is -0.116. The number of carbonyl (C=O) groups excluding carboxylic acids is 2. The zero-order valence-corrected chi connectivity index (χ0v) is 14.1. The van der Waals surface area contributed by atoms with Gasteiger partial charge in [-0.3, -0.25) is 9.69 Å². The van der Waals surface area contributed by atoms with E-state index < -0.39 is 17.2 Å². The third kappa shape index (κ3) is 4.07. The Morgan fingerprint density at radius 3 is 2.88 bits per heavy atom. The number of rotatable bonds is 4. The maximum absolute atomic E-state index is 13.6. The van der Waals surface area contributed by atoms with Crippen LogP contribution in [0.25, 0.3) is 0 Å². The molecule has 2 aliphatic rings. The van der Waals surface area contributed by atoms with Gasteiger partial charge in [-0.05, 0) is 31.5 Å². The van der Waals surface area contributed by atoms with Gasteiger partial charge in [0.15, 0.2) is 0 Å². The standard InChI is InChI=1S/C17H21F2N3O3/c1-21-10-17(25-16(21)24)6-2-7-22(11-17)8-5-15(23)20-14-9-12(18)3-4-13(14)19/h3-4,9H,2,5-8,10-11H2,1H3,(H,20,23)/t17-/m1/s1. The van der Waals surface area contributed by atoms with Crippen LogP contribution in [0.1, 0.15) is 19.3 Å². The molecule has 2 saturated heterocycles. The van der Waals surface area contributed by atoms with Crippen LogP contribution < -0.4 is 5.32 Å². The van der Waals surface area contributed by atoms with Crippen LogP contribution in [0.15, 0.2) is 18.2 Å². The molecule has 136 valence electrons. The number of hydrogen-bond donors (Lipinski definition) is 1. The minimum absolute atomic E-state index is 0.149. The van der Waals surface area contributed by atoms with E-state index >= 15 is 0 Å². The fraction of sp³-hybridized carbons (Fsp3) is 0.529. The van der Waals surface area contributed by atoms with Crippen molar-refractivity contribution in [3.8, 4) is 0 Å². The van der Waals surface area contributed by atoms with Crippen molar-refractivity contribution < 1.29 is 23.1 Å². The summed E-state index contributed by atoms with van der Waals surface area (Å²) in [5, 5.41) is 2.39. The van der Waals surface area contributed by atoms with Crippen LogP contribution in [0.3, 0.4) is 0 Å². The molecule has 0 radical (unpaired) electrons. The molecule has 1 atom stereocenters. The summed E-state index contributed by atoms with van der Waals surface area (Å²) in [5.74, 6) is -1.67. The van der Waals surface area contributed by atoms with E-state index in [0.29, 0.717) is 19.6 Å². The summed E-state index contributed by atoms with van der Waals surface area (Å²) in [4.78, 5) is 27.3. The van der Waals surface area contributed by atoms with E-state index in [-0.39, 0.29) is 24.1 Å². The number of piperidine rings is 1. The summed E-state index contributed by atoms with van der Waals surface area (Å²) in [5.41, 5.74) is -0.665. The van der Waals surface area contributed by atoms with Crippen molar-refractivity contribution in [2.24, 2.45) is 0 Å². The van der Waals surface area contributed by atoms with E-state index in [4.69, 9.17) is 4.74 Å². The molecule has 2 fully saturated rings. The molecule has 0 bridgehead atoms. The zero-order valence-electron chi connectivity index (χ0n) is 14.1. The Labute approximate surface area is 144 Å². The summed E-state index contributed by atoms with van der Waals surface area (Å²) >= 11 is 0. The normalized spacial score (nSPS) is 23.8. The van der Waals surface area contributed by atoms with Crippen molar-refractivity contribution in [3.05, 3.63) is 29.8 Å². The number of ether oxygens (including phenoxy) is 1. The minimum atomic E-state index is -0.674. The monoisotopic (exact) mass is 353 g/mol. The molecule has 1 aromatic carbocycles. The lowest BCUT2D eigenvalue weighted by atomic mass is 9.92. The lowest BCUT2D eigenvalue weighted by Crippen LogP contribution is -2.50. The highest BCUT2D eigenvalue weighted by Gasteiger charge is 2.46. The van der Waals surface area contributed by atoms with E-state index in [2.05, 4.69) is 10.2 Å². The predicted molar refractivity (Wildman–Crippen MR) is 87.1 cm³/mol. The van der Waals surface area contributed by atoms with Gasteiger partial charge in [0.25, 0.3) is 0 Å². The second-order valence-electron chi connectivity index (χ2n) is 6.71. The van der Waals surface area contributed by atoms with E-state index in [1.54, 1.807) is 11.9 Å². The second kappa shape index (κ2) is 6.95. The maximum Gasteiger partial charge on any atom is 0.410 e. The first kappa shape index (κ1) is 17.6. The van der Waals surface area contributed by atoms with Crippen molar-refractivity contribution in [1.29, 1.82) is 0 Å². The quantitative estimate of drug-likeness (QED) is 0.902. The maximum atomic E-state index is 13.6. The molecule has 0 aromatic heterocycles. The largest absolute Gasteiger partial charge is 0.440 e. The van der Waals surface area contributed by atoms with E-state index in [1.807, 2.05) is 0 Å². The molecule has 2 heterocycles. The number of nitrogens with zero attached hydrogens (tertiary/aromatic N) is 2. The number of likely N-dealkylation sites (tertiary alicyclic amines) is 1. The number of carbonyl (C=O) groups is 2. The number of likely N-dealkylation sites (N-methyl/N-ethyl adjacent to an activating group) is 1. The van der Waals surface area contributed by atoms with Gasteiger partial charge in [-0.25, -0.2) is 13.6 Å². The number of benzene rings is 1. The van der Waals surface area contributed by atoms with Crippen LogP contribution in [0.4, 0.5) is 19.3 Å². The molecular weight excluding hydrogens is 332 g/mol. The number of amides is 2. The lowest BCUT2D eigenvalue weighted by Gasteiger charge is -2.38. The topological polar surface area (TPSA) is 61.9 Å². The third-order valence-corrected chi connectivity index (χ3v) is 4.62. The predicted octanol–water partition coefficient (Wildman–Crippen LogP) is 2.21. The Morgan fingerprint density at radius 2 is 2.16 bits per heavy atom. The van der Waals surface area contributed by atoms with E-state index in [0.717, 1.165) is 37.6 Å².